The lowest BCUT2D eigenvalue weighted by Gasteiger charge is -2.28. The first-order chi connectivity index (χ1) is 9.06. The number of anilines is 1. The summed E-state index contributed by atoms with van der Waals surface area (Å²) in [6, 6.07) is 2.05. The van der Waals surface area contributed by atoms with Gasteiger partial charge in [0.1, 0.15) is 11.6 Å². The molecular formula is C15H25N3O. The monoisotopic (exact) mass is 263 g/mol. The second-order valence-electron chi connectivity index (χ2n) is 5.75. The maximum absolute atomic E-state index is 5.79. The van der Waals surface area contributed by atoms with Crippen LogP contribution in [-0.4, -0.2) is 36.3 Å². The molecule has 2 heterocycles. The Labute approximate surface area is 116 Å². The van der Waals surface area contributed by atoms with E-state index in [-0.39, 0.29) is 0 Å². The predicted molar refractivity (Wildman–Crippen MR) is 77.7 cm³/mol. The van der Waals surface area contributed by atoms with Crippen LogP contribution in [0.15, 0.2) is 6.07 Å². The molecule has 1 aromatic heterocycles. The molecule has 1 aliphatic rings. The molecule has 1 fully saturated rings. The Bertz CT molecular complexity index is 414. The van der Waals surface area contributed by atoms with Crippen molar-refractivity contribution in [1.82, 2.24) is 9.97 Å². The zero-order valence-corrected chi connectivity index (χ0v) is 12.5. The van der Waals surface area contributed by atoms with Crippen LogP contribution in [0.5, 0.6) is 0 Å². The smallest absolute Gasteiger partial charge is 0.133 e. The van der Waals surface area contributed by atoms with Gasteiger partial charge >= 0.3 is 0 Å². The quantitative estimate of drug-likeness (QED) is 0.837. The van der Waals surface area contributed by atoms with Gasteiger partial charge in [-0.1, -0.05) is 13.8 Å². The topological polar surface area (TPSA) is 38.2 Å². The van der Waals surface area contributed by atoms with E-state index in [1.165, 1.54) is 12.8 Å². The van der Waals surface area contributed by atoms with Gasteiger partial charge in [-0.05, 0) is 26.2 Å². The number of aromatic nitrogens is 2. The highest BCUT2D eigenvalue weighted by molar-refractivity contribution is 5.39. The normalized spacial score (nSPS) is 19.7. The minimum atomic E-state index is 0.344. The van der Waals surface area contributed by atoms with E-state index in [0.29, 0.717) is 12.0 Å². The summed E-state index contributed by atoms with van der Waals surface area (Å²) in [5.41, 5.74) is 1.03. The van der Waals surface area contributed by atoms with E-state index in [1.807, 2.05) is 6.92 Å². The van der Waals surface area contributed by atoms with Crippen molar-refractivity contribution in [3.05, 3.63) is 17.6 Å². The van der Waals surface area contributed by atoms with Crippen molar-refractivity contribution in [3.63, 3.8) is 0 Å². The van der Waals surface area contributed by atoms with Gasteiger partial charge in [0.05, 0.1) is 6.10 Å². The maximum atomic E-state index is 5.79. The van der Waals surface area contributed by atoms with Gasteiger partial charge in [-0.2, -0.15) is 0 Å². The van der Waals surface area contributed by atoms with Crippen molar-refractivity contribution < 1.29 is 4.74 Å². The number of rotatable bonds is 4. The number of aryl methyl sites for hydroxylation is 1. The molecule has 0 aromatic carbocycles. The van der Waals surface area contributed by atoms with Crippen LogP contribution in [0.2, 0.25) is 0 Å². The standard InChI is InChI=1S/C15H25N3O/c1-11(2)15-16-12(3)9-14(17-15)18(4)10-13-7-5-6-8-19-13/h9,11,13H,5-8,10H2,1-4H3. The first kappa shape index (κ1) is 14.3. The zero-order valence-electron chi connectivity index (χ0n) is 12.5. The molecule has 19 heavy (non-hydrogen) atoms. The first-order valence-corrected chi connectivity index (χ1v) is 7.24. The summed E-state index contributed by atoms with van der Waals surface area (Å²) in [7, 11) is 2.09. The number of hydrogen-bond acceptors (Lipinski definition) is 4. The van der Waals surface area contributed by atoms with Crippen LogP contribution in [-0.2, 0) is 4.74 Å². The van der Waals surface area contributed by atoms with Gasteiger partial charge in [-0.3, -0.25) is 0 Å². The number of nitrogens with zero attached hydrogens (tertiary/aromatic N) is 3. The Hall–Kier alpha value is -1.16. The first-order valence-electron chi connectivity index (χ1n) is 7.24. The highest BCUT2D eigenvalue weighted by atomic mass is 16.5. The average molecular weight is 263 g/mol. The van der Waals surface area contributed by atoms with Gasteiger partial charge < -0.3 is 9.64 Å². The fourth-order valence-electron chi connectivity index (χ4n) is 2.38. The molecule has 1 aromatic rings. The van der Waals surface area contributed by atoms with Crippen LogP contribution in [0, 0.1) is 6.92 Å². The lowest BCUT2D eigenvalue weighted by Crippen LogP contribution is -2.34. The number of hydrogen-bond donors (Lipinski definition) is 0. The molecule has 0 saturated carbocycles. The molecule has 4 heteroatoms. The molecule has 1 saturated heterocycles. The highest BCUT2D eigenvalue weighted by Gasteiger charge is 2.17. The van der Waals surface area contributed by atoms with Crippen molar-refractivity contribution in [2.75, 3.05) is 25.1 Å². The lowest BCUT2D eigenvalue weighted by molar-refractivity contribution is 0.0215. The molecule has 0 radical (unpaired) electrons. The Balaban J connectivity index is 2.07. The maximum Gasteiger partial charge on any atom is 0.133 e. The van der Waals surface area contributed by atoms with E-state index in [2.05, 4.69) is 41.8 Å². The summed E-state index contributed by atoms with van der Waals surface area (Å²) < 4.78 is 5.79. The van der Waals surface area contributed by atoms with E-state index >= 15 is 0 Å². The van der Waals surface area contributed by atoms with Gasteiger partial charge in [-0.25, -0.2) is 9.97 Å². The van der Waals surface area contributed by atoms with E-state index in [4.69, 9.17) is 4.74 Å². The lowest BCUT2D eigenvalue weighted by atomic mass is 10.1. The van der Waals surface area contributed by atoms with Crippen LogP contribution >= 0.6 is 0 Å². The van der Waals surface area contributed by atoms with Crippen LogP contribution in [0.3, 0.4) is 0 Å². The molecule has 1 atom stereocenters. The molecule has 0 aliphatic carbocycles. The van der Waals surface area contributed by atoms with Crippen molar-refractivity contribution in [3.8, 4) is 0 Å². The average Bonchev–Trinajstić information content (AvgIpc) is 2.39. The van der Waals surface area contributed by atoms with Crippen molar-refractivity contribution >= 4 is 5.82 Å². The second kappa shape index (κ2) is 6.33. The van der Waals surface area contributed by atoms with Crippen LogP contribution in [0.25, 0.3) is 0 Å². The molecule has 106 valence electrons. The summed E-state index contributed by atoms with van der Waals surface area (Å²) in [5.74, 6) is 2.29. The van der Waals surface area contributed by atoms with Crippen LogP contribution in [0.4, 0.5) is 5.82 Å². The fraction of sp³-hybridized carbons (Fsp3) is 0.733. The van der Waals surface area contributed by atoms with Crippen molar-refractivity contribution in [2.45, 2.75) is 52.1 Å². The SMILES string of the molecule is Cc1cc(N(C)CC2CCCCO2)nc(C(C)C)n1. The zero-order chi connectivity index (χ0) is 13.8. The second-order valence-corrected chi connectivity index (χ2v) is 5.75. The van der Waals surface area contributed by atoms with E-state index in [9.17, 15) is 0 Å². The number of likely N-dealkylation sites (N-methyl/N-ethyl adjacent to an activating group) is 1. The molecular weight excluding hydrogens is 238 g/mol. The van der Waals surface area contributed by atoms with Gasteiger partial charge in [0.25, 0.3) is 0 Å². The van der Waals surface area contributed by atoms with Gasteiger partial charge in [0, 0.05) is 37.9 Å². The Morgan fingerprint density at radius 1 is 1.37 bits per heavy atom. The molecule has 1 aliphatic heterocycles. The third kappa shape index (κ3) is 3.90. The predicted octanol–water partition coefficient (Wildman–Crippen LogP) is 2.91. The summed E-state index contributed by atoms with van der Waals surface area (Å²) in [6.07, 6.45) is 3.98. The van der Waals surface area contributed by atoms with Crippen LogP contribution < -0.4 is 4.90 Å². The summed E-state index contributed by atoms with van der Waals surface area (Å²) >= 11 is 0. The highest BCUT2D eigenvalue weighted by Crippen LogP contribution is 2.19. The summed E-state index contributed by atoms with van der Waals surface area (Å²) in [4.78, 5) is 11.3. The molecule has 2 rings (SSSR count). The summed E-state index contributed by atoms with van der Waals surface area (Å²) in [5, 5.41) is 0. The molecule has 0 bridgehead atoms. The fourth-order valence-corrected chi connectivity index (χ4v) is 2.38. The van der Waals surface area contributed by atoms with Gasteiger partial charge in [-0.15, -0.1) is 0 Å². The molecule has 4 nitrogen and oxygen atoms in total. The molecule has 0 spiro atoms. The van der Waals surface area contributed by atoms with E-state index < -0.39 is 0 Å². The Morgan fingerprint density at radius 2 is 2.16 bits per heavy atom. The number of ether oxygens (including phenoxy) is 1. The third-order valence-electron chi connectivity index (χ3n) is 3.52. The van der Waals surface area contributed by atoms with Crippen molar-refractivity contribution in [2.24, 2.45) is 0 Å². The van der Waals surface area contributed by atoms with Crippen molar-refractivity contribution in [1.29, 1.82) is 0 Å². The minimum absolute atomic E-state index is 0.344. The molecule has 0 amide bonds. The van der Waals surface area contributed by atoms with Gasteiger partial charge in [0.2, 0.25) is 0 Å². The van der Waals surface area contributed by atoms with Crippen LogP contribution in [0.1, 0.15) is 50.5 Å². The third-order valence-corrected chi connectivity index (χ3v) is 3.52. The Morgan fingerprint density at radius 3 is 2.79 bits per heavy atom. The molecule has 0 N–H and O–H groups in total. The van der Waals surface area contributed by atoms with Gasteiger partial charge in [0.15, 0.2) is 0 Å². The largest absolute Gasteiger partial charge is 0.376 e. The summed E-state index contributed by atoms with van der Waals surface area (Å²) in [6.45, 7) is 8.10. The van der Waals surface area contributed by atoms with E-state index in [0.717, 1.165) is 36.9 Å². The molecule has 1 unspecified atom stereocenters. The Kier molecular flexibility index (Phi) is 4.75. The van der Waals surface area contributed by atoms with E-state index in [1.54, 1.807) is 0 Å². The minimum Gasteiger partial charge on any atom is -0.376 e.